The Balaban J connectivity index is 1.86. The molecule has 3 rings (SSSR count). The first-order chi connectivity index (χ1) is 9.04. The minimum Gasteiger partial charge on any atom is -0.374 e. The van der Waals surface area contributed by atoms with Crippen molar-refractivity contribution < 1.29 is 8.42 Å². The number of sulfonamides is 1. The molecule has 0 saturated carbocycles. The molecule has 0 aliphatic heterocycles. The van der Waals surface area contributed by atoms with Crippen LogP contribution in [0.3, 0.4) is 0 Å². The van der Waals surface area contributed by atoms with Crippen LogP contribution in [0, 0.1) is 0 Å². The molecule has 2 heterocycles. The minimum atomic E-state index is -3.73. The van der Waals surface area contributed by atoms with Crippen molar-refractivity contribution in [3.63, 3.8) is 0 Å². The lowest BCUT2D eigenvalue weighted by Crippen LogP contribution is -2.12. The van der Waals surface area contributed by atoms with E-state index in [-0.39, 0.29) is 9.47 Å². The van der Waals surface area contributed by atoms with E-state index in [4.69, 9.17) is 5.73 Å². The zero-order valence-electron chi connectivity index (χ0n) is 9.79. The molecule has 0 radical (unpaired) electrons. The van der Waals surface area contributed by atoms with E-state index in [1.165, 1.54) is 16.2 Å². The van der Waals surface area contributed by atoms with Crippen molar-refractivity contribution in [2.75, 3.05) is 10.5 Å². The normalized spacial score (nSPS) is 15.2. The number of hydrogen-bond donors (Lipinski definition) is 2. The maximum Gasteiger partial charge on any atom is 0.293 e. The van der Waals surface area contributed by atoms with Crippen LogP contribution in [0.4, 0.5) is 10.3 Å². The largest absolute Gasteiger partial charge is 0.374 e. The number of aromatic nitrogens is 3. The first kappa shape index (κ1) is 12.8. The van der Waals surface area contributed by atoms with Crippen molar-refractivity contribution in [2.45, 2.75) is 30.0 Å². The summed E-state index contributed by atoms with van der Waals surface area (Å²) in [6.45, 7) is 0. The molecule has 10 heteroatoms. The number of fused-ring (bicyclic) bond motifs is 1. The van der Waals surface area contributed by atoms with Crippen LogP contribution < -0.4 is 10.5 Å². The molecule has 1 aliphatic carbocycles. The zero-order valence-corrected chi connectivity index (χ0v) is 12.2. The highest BCUT2D eigenvalue weighted by Gasteiger charge is 2.23. The van der Waals surface area contributed by atoms with Crippen LogP contribution in [0.2, 0.25) is 0 Å². The molecular formula is C9H11N5O2S3. The zero-order chi connectivity index (χ0) is 13.5. The average Bonchev–Trinajstić information content (AvgIpc) is 2.94. The maximum absolute atomic E-state index is 12.0. The molecule has 2 aromatic rings. The van der Waals surface area contributed by atoms with E-state index in [1.807, 2.05) is 0 Å². The third kappa shape index (κ3) is 2.55. The highest BCUT2D eigenvalue weighted by Crippen LogP contribution is 2.31. The molecule has 0 unspecified atom stereocenters. The Labute approximate surface area is 118 Å². The van der Waals surface area contributed by atoms with Crippen LogP contribution >= 0.6 is 22.7 Å². The van der Waals surface area contributed by atoms with E-state index in [2.05, 4.69) is 19.9 Å². The molecule has 0 aromatic carbocycles. The molecule has 7 nitrogen and oxygen atoms in total. The topological polar surface area (TPSA) is 111 Å². The molecule has 0 saturated heterocycles. The molecule has 1 aliphatic rings. The quantitative estimate of drug-likeness (QED) is 0.881. The summed E-state index contributed by atoms with van der Waals surface area (Å²) in [6, 6.07) is 0. The summed E-state index contributed by atoms with van der Waals surface area (Å²) in [4.78, 5) is 5.49. The lowest BCUT2D eigenvalue weighted by atomic mass is 10.0. The van der Waals surface area contributed by atoms with Crippen LogP contribution in [-0.4, -0.2) is 23.6 Å². The Morgan fingerprint density at radius 1 is 1.16 bits per heavy atom. The second-order valence-corrected chi connectivity index (χ2v) is 8.06. The number of hydrogen-bond acceptors (Lipinski definition) is 8. The number of nitrogens with one attached hydrogen (secondary N) is 1. The van der Waals surface area contributed by atoms with Crippen LogP contribution in [0.25, 0.3) is 0 Å². The van der Waals surface area contributed by atoms with Gasteiger partial charge in [0, 0.05) is 4.88 Å². The maximum atomic E-state index is 12.0. The Bertz CT molecular complexity index is 682. The van der Waals surface area contributed by atoms with E-state index in [0.717, 1.165) is 42.7 Å². The van der Waals surface area contributed by atoms with Crippen molar-refractivity contribution in [1.82, 2.24) is 15.2 Å². The molecule has 102 valence electrons. The molecule has 3 N–H and O–H groups in total. The van der Waals surface area contributed by atoms with Gasteiger partial charge in [-0.15, -0.1) is 21.5 Å². The number of aryl methyl sites for hydroxylation is 2. The van der Waals surface area contributed by atoms with E-state index in [1.54, 1.807) is 0 Å². The lowest BCUT2D eigenvalue weighted by Gasteiger charge is -2.06. The molecular weight excluding hydrogens is 306 g/mol. The Morgan fingerprint density at radius 3 is 2.63 bits per heavy atom. The van der Waals surface area contributed by atoms with E-state index in [0.29, 0.717) is 5.13 Å². The van der Waals surface area contributed by atoms with Gasteiger partial charge >= 0.3 is 0 Å². The van der Waals surface area contributed by atoms with Gasteiger partial charge in [-0.2, -0.15) is 8.42 Å². The highest BCUT2D eigenvalue weighted by molar-refractivity contribution is 7.94. The standard InChI is InChI=1S/C9H11N5O2S3/c10-7-12-13-9(18-7)19(15,16)14-8-11-5-3-1-2-4-6(5)17-8/h1-4H2,(H2,10,12)(H,11,14). The first-order valence-electron chi connectivity index (χ1n) is 5.65. The average molecular weight is 317 g/mol. The fraction of sp³-hybridized carbons (Fsp3) is 0.444. The van der Waals surface area contributed by atoms with Crippen LogP contribution in [0.1, 0.15) is 23.4 Å². The Morgan fingerprint density at radius 2 is 1.95 bits per heavy atom. The summed E-state index contributed by atoms with van der Waals surface area (Å²) in [5.74, 6) is 0. The summed E-state index contributed by atoms with van der Waals surface area (Å²) >= 11 is 2.22. The molecule has 19 heavy (non-hydrogen) atoms. The fourth-order valence-electron chi connectivity index (χ4n) is 1.88. The van der Waals surface area contributed by atoms with Crippen molar-refractivity contribution in [1.29, 1.82) is 0 Å². The molecule has 0 amide bonds. The monoisotopic (exact) mass is 317 g/mol. The van der Waals surface area contributed by atoms with Crippen molar-refractivity contribution in [2.24, 2.45) is 0 Å². The predicted molar refractivity (Wildman–Crippen MR) is 73.9 cm³/mol. The van der Waals surface area contributed by atoms with Gasteiger partial charge in [0.25, 0.3) is 14.4 Å². The molecule has 0 atom stereocenters. The number of nitrogen functional groups attached to an aromatic ring is 1. The number of nitrogens with zero attached hydrogens (tertiary/aromatic N) is 3. The van der Waals surface area contributed by atoms with Crippen LogP contribution in [-0.2, 0) is 22.9 Å². The number of thiazole rings is 1. The van der Waals surface area contributed by atoms with Crippen molar-refractivity contribution >= 4 is 43.0 Å². The Hall–Kier alpha value is -1.26. The first-order valence-corrected chi connectivity index (χ1v) is 8.76. The minimum absolute atomic E-state index is 0.124. The van der Waals surface area contributed by atoms with Crippen molar-refractivity contribution in [3.05, 3.63) is 10.6 Å². The summed E-state index contributed by atoms with van der Waals surface area (Å²) in [6.07, 6.45) is 4.13. The number of rotatable bonds is 3. The number of nitrogens with two attached hydrogens (primary N) is 1. The SMILES string of the molecule is Nc1nnc(S(=O)(=O)Nc2nc3c(s2)CCCC3)s1. The molecule has 0 fully saturated rings. The molecule has 0 bridgehead atoms. The van der Waals surface area contributed by atoms with Crippen LogP contribution in [0.15, 0.2) is 4.34 Å². The summed E-state index contributed by atoms with van der Waals surface area (Å²) in [7, 11) is -3.73. The highest BCUT2D eigenvalue weighted by atomic mass is 32.2. The lowest BCUT2D eigenvalue weighted by molar-refractivity contribution is 0.599. The van der Waals surface area contributed by atoms with Crippen LogP contribution in [0.5, 0.6) is 0 Å². The molecule has 2 aromatic heterocycles. The number of anilines is 2. The van der Waals surface area contributed by atoms with Gasteiger partial charge in [-0.05, 0) is 25.7 Å². The second-order valence-electron chi connectivity index (χ2n) is 4.11. The second kappa shape index (κ2) is 4.69. The Kier molecular flexibility index (Phi) is 3.15. The predicted octanol–water partition coefficient (Wildman–Crippen LogP) is 1.26. The third-order valence-electron chi connectivity index (χ3n) is 2.72. The van der Waals surface area contributed by atoms with Gasteiger partial charge in [0.05, 0.1) is 5.69 Å². The van der Waals surface area contributed by atoms with Gasteiger partial charge in [0.1, 0.15) is 0 Å². The van der Waals surface area contributed by atoms with Gasteiger partial charge in [-0.1, -0.05) is 11.3 Å². The summed E-state index contributed by atoms with van der Waals surface area (Å²) in [5.41, 5.74) is 6.39. The van der Waals surface area contributed by atoms with E-state index >= 15 is 0 Å². The fourth-order valence-corrected chi connectivity index (χ4v) is 4.95. The third-order valence-corrected chi connectivity index (χ3v) is 6.38. The van der Waals surface area contributed by atoms with Gasteiger partial charge in [0.15, 0.2) is 5.13 Å². The molecule has 0 spiro atoms. The van der Waals surface area contributed by atoms with Gasteiger partial charge in [-0.25, -0.2) is 4.98 Å². The summed E-state index contributed by atoms with van der Waals surface area (Å²) < 4.78 is 26.4. The van der Waals surface area contributed by atoms with E-state index in [9.17, 15) is 8.42 Å². The van der Waals surface area contributed by atoms with Gasteiger partial charge in [0.2, 0.25) is 5.13 Å². The van der Waals surface area contributed by atoms with Gasteiger partial charge in [-0.3, -0.25) is 4.72 Å². The van der Waals surface area contributed by atoms with E-state index < -0.39 is 10.0 Å². The van der Waals surface area contributed by atoms with Gasteiger partial charge < -0.3 is 5.73 Å². The van der Waals surface area contributed by atoms with Crippen molar-refractivity contribution in [3.8, 4) is 0 Å². The summed E-state index contributed by atoms with van der Waals surface area (Å²) in [5, 5.41) is 7.55. The smallest absolute Gasteiger partial charge is 0.293 e.